The van der Waals surface area contributed by atoms with E-state index in [2.05, 4.69) is 26.3 Å². The lowest BCUT2D eigenvalue weighted by Gasteiger charge is -2.36. The molecule has 0 spiro atoms. The predicted molar refractivity (Wildman–Crippen MR) is 326 cm³/mol. The summed E-state index contributed by atoms with van der Waals surface area (Å²) >= 11 is 0. The highest BCUT2D eigenvalue weighted by Gasteiger charge is 2.39. The van der Waals surface area contributed by atoms with E-state index in [0.29, 0.717) is 75.0 Å². The average molecular weight is 1250 g/mol. The van der Waals surface area contributed by atoms with Crippen LogP contribution < -0.4 is 18.9 Å². The number of ether oxygens (including phenoxy) is 10. The van der Waals surface area contributed by atoms with E-state index in [0.717, 1.165) is 89.2 Å². The van der Waals surface area contributed by atoms with Crippen LogP contribution >= 0.6 is 0 Å². The molecule has 0 aliphatic heterocycles. The molecule has 0 bridgehead atoms. The Balaban J connectivity index is 0.834. The first-order valence-electron chi connectivity index (χ1n) is 32.1. The Morgan fingerprint density at radius 3 is 0.900 bits per heavy atom. The molecule has 5 aliphatic carbocycles. The van der Waals surface area contributed by atoms with E-state index in [1.807, 2.05) is 0 Å². The maximum absolute atomic E-state index is 13.6. The van der Waals surface area contributed by atoms with Crippen molar-refractivity contribution in [3.8, 4) is 23.0 Å². The van der Waals surface area contributed by atoms with Crippen molar-refractivity contribution in [2.75, 3.05) is 26.4 Å². The van der Waals surface area contributed by atoms with E-state index in [4.69, 9.17) is 47.4 Å². The molecule has 0 aromatic heterocycles. The molecule has 0 saturated heterocycles. The van der Waals surface area contributed by atoms with Crippen LogP contribution in [-0.2, 0) is 66.8 Å². The largest absolute Gasteiger partial charge is 0.465 e. The molecule has 0 heterocycles. The molecular formula is C70H88O20. The predicted octanol–water partition coefficient (Wildman–Crippen LogP) is 12.5. The van der Waals surface area contributed by atoms with Crippen molar-refractivity contribution in [1.29, 1.82) is 0 Å². The number of carbonyl (C=O) groups excluding carboxylic acids is 10. The summed E-state index contributed by atoms with van der Waals surface area (Å²) in [4.78, 5) is 129. The second-order valence-electron chi connectivity index (χ2n) is 24.7. The van der Waals surface area contributed by atoms with Gasteiger partial charge in [-0.3, -0.25) is 28.8 Å². The van der Waals surface area contributed by atoms with E-state index < -0.39 is 71.4 Å². The van der Waals surface area contributed by atoms with Crippen molar-refractivity contribution in [3.05, 3.63) is 97.5 Å². The Morgan fingerprint density at radius 2 is 0.622 bits per heavy atom. The molecule has 20 heteroatoms. The van der Waals surface area contributed by atoms with Crippen molar-refractivity contribution < 1.29 is 95.3 Å². The quantitative estimate of drug-likeness (QED) is 0.0191. The summed E-state index contributed by atoms with van der Waals surface area (Å²) in [6, 6.07) is 8.23. The van der Waals surface area contributed by atoms with Gasteiger partial charge in [0.15, 0.2) is 0 Å². The summed E-state index contributed by atoms with van der Waals surface area (Å²) < 4.78 is 54.8. The lowest BCUT2D eigenvalue weighted by Crippen LogP contribution is -2.32. The number of hydrogen-bond donors (Lipinski definition) is 0. The van der Waals surface area contributed by atoms with Gasteiger partial charge < -0.3 is 47.4 Å². The molecule has 5 aliphatic rings. The monoisotopic (exact) mass is 1250 g/mol. The first-order chi connectivity index (χ1) is 43.3. The van der Waals surface area contributed by atoms with Gasteiger partial charge in [0.05, 0.1) is 73.5 Å². The van der Waals surface area contributed by atoms with Crippen LogP contribution in [0.4, 0.5) is 0 Å². The molecule has 2 aromatic carbocycles. The maximum Gasteiger partial charge on any atom is 0.347 e. The van der Waals surface area contributed by atoms with Crippen LogP contribution in [0.15, 0.2) is 86.4 Å². The van der Waals surface area contributed by atoms with Crippen LogP contribution in [0, 0.1) is 59.2 Å². The van der Waals surface area contributed by atoms with Gasteiger partial charge in [0.2, 0.25) is 0 Å². The SMILES string of the molecule is C=CC(=O)OCCCCOC(=O)C1CCC([C@H]2CC[C@H](C(=O)Oc3ccc(OC(=O)[C@H]4CC[C@H](C(=O)Oc5ccc(OC(=O)C6CCC([C@H]7CC[C@H](C(=O)OCCCCOC(=O)C=C)CC7)CC6)c(C(=O)OC(=C)C)c5)CC4)cc3C(=O)OC(=C)C)CC2)CC1. The highest BCUT2D eigenvalue weighted by Crippen LogP contribution is 2.44. The Morgan fingerprint density at radius 1 is 0.367 bits per heavy atom. The topological polar surface area (TPSA) is 263 Å². The number of carbonyl (C=O) groups is 10. The van der Waals surface area contributed by atoms with E-state index in [9.17, 15) is 47.9 Å². The molecule has 0 atom stereocenters. The third-order valence-electron chi connectivity index (χ3n) is 18.3. The van der Waals surface area contributed by atoms with E-state index in [-0.39, 0.29) is 122 Å². The van der Waals surface area contributed by atoms with Crippen molar-refractivity contribution in [2.45, 2.75) is 168 Å². The third kappa shape index (κ3) is 21.1. The molecule has 90 heavy (non-hydrogen) atoms. The molecule has 488 valence electrons. The lowest BCUT2D eigenvalue weighted by atomic mass is 9.69. The van der Waals surface area contributed by atoms with Crippen molar-refractivity contribution in [3.63, 3.8) is 0 Å². The van der Waals surface area contributed by atoms with Gasteiger partial charge in [-0.25, -0.2) is 19.2 Å². The van der Waals surface area contributed by atoms with E-state index in [1.165, 1.54) is 50.2 Å². The molecule has 7 rings (SSSR count). The van der Waals surface area contributed by atoms with Gasteiger partial charge in [0.1, 0.15) is 34.1 Å². The van der Waals surface area contributed by atoms with Gasteiger partial charge in [-0.2, -0.15) is 0 Å². The minimum Gasteiger partial charge on any atom is -0.465 e. The number of unbranched alkanes of at least 4 members (excludes halogenated alkanes) is 2. The first-order valence-corrected chi connectivity index (χ1v) is 32.1. The summed E-state index contributed by atoms with van der Waals surface area (Å²) in [5.41, 5.74) is -0.264. The van der Waals surface area contributed by atoms with Gasteiger partial charge in [-0.1, -0.05) is 26.3 Å². The smallest absolute Gasteiger partial charge is 0.347 e. The highest BCUT2D eigenvalue weighted by molar-refractivity contribution is 5.96. The second-order valence-corrected chi connectivity index (χ2v) is 24.7. The molecule has 2 aromatic rings. The van der Waals surface area contributed by atoms with Gasteiger partial charge in [0.25, 0.3) is 0 Å². The summed E-state index contributed by atoms with van der Waals surface area (Å²) in [7, 11) is 0. The Kier molecular flexibility index (Phi) is 27.0. The van der Waals surface area contributed by atoms with Crippen molar-refractivity contribution >= 4 is 59.7 Å². The fraction of sp³-hybridized carbons (Fsp3) is 0.571. The summed E-state index contributed by atoms with van der Waals surface area (Å²) in [6.45, 7) is 18.1. The minimum absolute atomic E-state index is 0.0220. The highest BCUT2D eigenvalue weighted by atomic mass is 16.6. The molecule has 0 amide bonds. The summed E-state index contributed by atoms with van der Waals surface area (Å²) in [5.74, 6) is -5.62. The third-order valence-corrected chi connectivity index (χ3v) is 18.3. The molecule has 0 N–H and O–H groups in total. The van der Waals surface area contributed by atoms with Crippen LogP contribution in [0.5, 0.6) is 23.0 Å². The molecule has 0 radical (unpaired) electrons. The molecular weight excluding hydrogens is 1160 g/mol. The van der Waals surface area contributed by atoms with Crippen LogP contribution in [0.25, 0.3) is 0 Å². The Hall–Kier alpha value is -7.90. The van der Waals surface area contributed by atoms with Gasteiger partial charge >= 0.3 is 59.7 Å². The molecule has 5 saturated carbocycles. The molecule has 5 fully saturated rings. The average Bonchev–Trinajstić information content (AvgIpc) is 1.47. The number of esters is 10. The van der Waals surface area contributed by atoms with Crippen LogP contribution in [0.2, 0.25) is 0 Å². The number of benzene rings is 2. The van der Waals surface area contributed by atoms with Crippen LogP contribution in [0.3, 0.4) is 0 Å². The standard InChI is InChI=1S/C70H88O20/c1-7-61(71)81-37-9-11-39-83-63(73)49-21-13-45(14-22-49)47-17-25-53(26-18-47)67(77)89-59-35-33-55(41-57(59)69(79)85-43(3)4)87-65(75)51-29-31-52(32-30-51)66(76)88-56-34-36-60(58(42-56)70(80)86-44(5)6)90-68(78)54-27-19-48(20-28-54)46-15-23-50(24-16-46)64(74)84-40-12-10-38-82-62(72)8-2/h7-8,33-36,41-42,45-54H,1-3,5,9-32,37-40H2,4,6H3/t45-,46?,47?,48-,49-,50?,51-,52-,53?,54-. The van der Waals surface area contributed by atoms with Crippen LogP contribution in [-0.4, -0.2) is 86.1 Å². The molecule has 20 nitrogen and oxygen atoms in total. The Bertz CT molecular complexity index is 2720. The van der Waals surface area contributed by atoms with E-state index in [1.54, 1.807) is 0 Å². The summed E-state index contributed by atoms with van der Waals surface area (Å²) in [6.07, 6.45) is 18.0. The van der Waals surface area contributed by atoms with Crippen molar-refractivity contribution in [1.82, 2.24) is 0 Å². The fourth-order valence-electron chi connectivity index (χ4n) is 13.2. The van der Waals surface area contributed by atoms with Crippen LogP contribution in [0.1, 0.15) is 189 Å². The Labute approximate surface area is 527 Å². The molecule has 0 unspecified atom stereocenters. The fourth-order valence-corrected chi connectivity index (χ4v) is 13.2. The second kappa shape index (κ2) is 34.9. The number of rotatable bonds is 28. The number of allylic oxidation sites excluding steroid dienone is 2. The van der Waals surface area contributed by atoms with Gasteiger partial charge in [-0.05, 0) is 228 Å². The zero-order valence-corrected chi connectivity index (χ0v) is 52.2. The normalized spacial score (nSPS) is 24.0. The van der Waals surface area contributed by atoms with Crippen molar-refractivity contribution in [2.24, 2.45) is 59.2 Å². The first kappa shape index (κ1) is 69.6. The maximum atomic E-state index is 13.6. The zero-order chi connectivity index (χ0) is 64.7. The van der Waals surface area contributed by atoms with Gasteiger partial charge in [-0.15, -0.1) is 0 Å². The van der Waals surface area contributed by atoms with E-state index >= 15 is 0 Å². The minimum atomic E-state index is -0.854. The lowest BCUT2D eigenvalue weighted by molar-refractivity contribution is -0.151. The van der Waals surface area contributed by atoms with Gasteiger partial charge in [0, 0.05) is 12.2 Å². The summed E-state index contributed by atoms with van der Waals surface area (Å²) in [5, 5.41) is 0. The zero-order valence-electron chi connectivity index (χ0n) is 52.2. The number of hydrogen-bond acceptors (Lipinski definition) is 20.